The third kappa shape index (κ3) is 4.98. The summed E-state index contributed by atoms with van der Waals surface area (Å²) in [5.74, 6) is 1.30. The zero-order valence-electron chi connectivity index (χ0n) is 24.7. The maximum atomic E-state index is 13.7. The molecule has 0 amide bonds. The lowest BCUT2D eigenvalue weighted by Gasteiger charge is -2.42. The number of hydrogen-bond donors (Lipinski definition) is 0. The highest BCUT2D eigenvalue weighted by Crippen LogP contribution is 2.38. The van der Waals surface area contributed by atoms with Crippen LogP contribution in [0.15, 0.2) is 70.6 Å². The molecule has 4 heterocycles. The highest BCUT2D eigenvalue weighted by atomic mass is 35.5. The highest BCUT2D eigenvalue weighted by molar-refractivity contribution is 7.90. The zero-order valence-corrected chi connectivity index (χ0v) is 26.3. The van der Waals surface area contributed by atoms with Gasteiger partial charge in [0.15, 0.2) is 0 Å². The molecule has 11 heteroatoms. The Labute approximate surface area is 261 Å². The molecule has 1 saturated carbocycles. The van der Waals surface area contributed by atoms with Gasteiger partial charge in [-0.2, -0.15) is 4.98 Å². The predicted molar refractivity (Wildman–Crippen MR) is 173 cm³/mol. The highest BCUT2D eigenvalue weighted by Gasteiger charge is 2.33. The molecule has 1 atom stereocenters. The molecule has 0 spiro atoms. The maximum Gasteiger partial charge on any atom is 0.275 e. The summed E-state index contributed by atoms with van der Waals surface area (Å²) in [6.07, 6.45) is 9.29. The van der Waals surface area contributed by atoms with E-state index in [9.17, 15) is 13.2 Å². The van der Waals surface area contributed by atoms with E-state index < -0.39 is 15.6 Å². The number of fused-ring (bicyclic) bond motifs is 2. The van der Waals surface area contributed by atoms with Gasteiger partial charge in [-0.25, -0.2) is 17.4 Å². The fourth-order valence-electron chi connectivity index (χ4n) is 6.85. The minimum absolute atomic E-state index is 0.101. The van der Waals surface area contributed by atoms with E-state index in [0.29, 0.717) is 31.1 Å². The topological polar surface area (TPSA) is 99.3 Å². The molecule has 0 N–H and O–H groups in total. The van der Waals surface area contributed by atoms with Gasteiger partial charge in [0.2, 0.25) is 5.28 Å². The van der Waals surface area contributed by atoms with Gasteiger partial charge < -0.3 is 14.2 Å². The second-order valence-electron chi connectivity index (χ2n) is 11.9. The molecule has 2 fully saturated rings. The fourth-order valence-corrected chi connectivity index (χ4v) is 8.37. The van der Waals surface area contributed by atoms with E-state index in [2.05, 4.69) is 9.88 Å². The number of pyridine rings is 1. The quantitative estimate of drug-likeness (QED) is 0.222. The van der Waals surface area contributed by atoms with E-state index in [0.717, 1.165) is 37.4 Å². The van der Waals surface area contributed by atoms with Crippen molar-refractivity contribution in [3.05, 3.63) is 82.1 Å². The Morgan fingerprint density at radius 2 is 1.75 bits per heavy atom. The maximum absolute atomic E-state index is 13.7. The van der Waals surface area contributed by atoms with Gasteiger partial charge in [0, 0.05) is 42.3 Å². The first-order valence-electron chi connectivity index (χ1n) is 15.1. The molecule has 0 unspecified atom stereocenters. The van der Waals surface area contributed by atoms with Crippen molar-refractivity contribution in [3.8, 4) is 11.1 Å². The Balaban J connectivity index is 1.38. The number of hydrogen-bond acceptors (Lipinski definition) is 7. The van der Waals surface area contributed by atoms with Crippen LogP contribution in [0.1, 0.15) is 37.7 Å². The summed E-state index contributed by atoms with van der Waals surface area (Å²) >= 11 is 6.48. The second kappa shape index (κ2) is 11.3. The summed E-state index contributed by atoms with van der Waals surface area (Å²) in [5, 5.41) is 1.59. The van der Waals surface area contributed by atoms with Crippen LogP contribution in [0.3, 0.4) is 0 Å². The van der Waals surface area contributed by atoms with Gasteiger partial charge in [0.05, 0.1) is 29.7 Å². The van der Waals surface area contributed by atoms with E-state index in [-0.39, 0.29) is 21.7 Å². The molecular formula is C33H34ClN5O4S. The van der Waals surface area contributed by atoms with Crippen LogP contribution in [-0.4, -0.2) is 52.7 Å². The first kappa shape index (κ1) is 29.0. The van der Waals surface area contributed by atoms with Crippen molar-refractivity contribution in [1.29, 1.82) is 0 Å². The lowest BCUT2D eigenvalue weighted by Crippen LogP contribution is -2.50. The smallest absolute Gasteiger partial charge is 0.275 e. The summed E-state index contributed by atoms with van der Waals surface area (Å²) in [7, 11) is -2.37. The van der Waals surface area contributed by atoms with Crippen LogP contribution in [-0.2, 0) is 21.8 Å². The summed E-state index contributed by atoms with van der Waals surface area (Å²) in [5.41, 5.74) is 2.92. The van der Waals surface area contributed by atoms with Gasteiger partial charge in [-0.3, -0.25) is 4.79 Å². The first-order valence-corrected chi connectivity index (χ1v) is 16.9. The standard InChI is InChI=1S/C33H34ClN5O4S/c1-21-8-11-24(12-9-21)44(41,42)39-15-14-25-27(19-37(2)32(40)30(25)39)23-10-13-28-26(18-23)31(36-33(34)35-28)38-16-17-43-20-29(38)22-6-4-3-5-7-22/h8-15,18-19,22,29H,3-7,16-17,20H2,1-2H3/t29-/m1/s1. The van der Waals surface area contributed by atoms with Crippen LogP contribution < -0.4 is 10.5 Å². The summed E-state index contributed by atoms with van der Waals surface area (Å²) < 4.78 is 35.9. The molecule has 5 aromatic rings. The SMILES string of the molecule is Cc1ccc(S(=O)(=O)n2ccc3c(-c4ccc5nc(Cl)nc(N6CCOC[C@@H]6C6CCCCC6)c5c4)cn(C)c(=O)c32)cc1. The number of aryl methyl sites for hydroxylation is 2. The van der Waals surface area contributed by atoms with Crippen molar-refractivity contribution in [2.24, 2.45) is 13.0 Å². The Morgan fingerprint density at radius 1 is 0.977 bits per heavy atom. The number of halogens is 1. The minimum Gasteiger partial charge on any atom is -0.377 e. The van der Waals surface area contributed by atoms with E-state index in [4.69, 9.17) is 21.3 Å². The monoisotopic (exact) mass is 631 g/mol. The Morgan fingerprint density at radius 3 is 2.52 bits per heavy atom. The number of morpholine rings is 1. The van der Waals surface area contributed by atoms with Crippen LogP contribution in [0.25, 0.3) is 32.9 Å². The Hall–Kier alpha value is -3.73. The van der Waals surface area contributed by atoms with Gasteiger partial charge in [0.25, 0.3) is 15.6 Å². The van der Waals surface area contributed by atoms with E-state index in [1.807, 2.05) is 25.1 Å². The third-order valence-electron chi connectivity index (χ3n) is 9.16. The molecule has 0 bridgehead atoms. The van der Waals surface area contributed by atoms with Crippen molar-refractivity contribution in [2.45, 2.75) is 50.0 Å². The molecule has 1 aliphatic carbocycles. The Bertz CT molecular complexity index is 2050. The number of benzene rings is 2. The predicted octanol–water partition coefficient (Wildman–Crippen LogP) is 5.93. The number of rotatable bonds is 5. The third-order valence-corrected chi connectivity index (χ3v) is 11.0. The lowest BCUT2D eigenvalue weighted by molar-refractivity contribution is 0.0674. The average Bonchev–Trinajstić information content (AvgIpc) is 3.49. The van der Waals surface area contributed by atoms with E-state index in [1.165, 1.54) is 42.9 Å². The molecule has 1 saturated heterocycles. The van der Waals surface area contributed by atoms with Crippen LogP contribution >= 0.6 is 11.6 Å². The van der Waals surface area contributed by atoms with Gasteiger partial charge in [-0.15, -0.1) is 0 Å². The average molecular weight is 632 g/mol. The molecule has 9 nitrogen and oxygen atoms in total. The second-order valence-corrected chi connectivity index (χ2v) is 14.1. The van der Waals surface area contributed by atoms with Gasteiger partial charge in [0.1, 0.15) is 11.3 Å². The molecule has 228 valence electrons. The summed E-state index contributed by atoms with van der Waals surface area (Å²) in [6, 6.07) is 14.4. The van der Waals surface area contributed by atoms with Gasteiger partial charge in [-0.05, 0) is 73.2 Å². The molecule has 2 aromatic carbocycles. The van der Waals surface area contributed by atoms with Crippen molar-refractivity contribution < 1.29 is 13.2 Å². The van der Waals surface area contributed by atoms with Crippen molar-refractivity contribution in [1.82, 2.24) is 18.5 Å². The fraction of sp³-hybridized carbons (Fsp3) is 0.364. The van der Waals surface area contributed by atoms with Crippen molar-refractivity contribution >= 4 is 49.2 Å². The molecule has 1 aliphatic heterocycles. The first-order chi connectivity index (χ1) is 21.2. The largest absolute Gasteiger partial charge is 0.377 e. The van der Waals surface area contributed by atoms with Crippen LogP contribution in [0.2, 0.25) is 5.28 Å². The van der Waals surface area contributed by atoms with Crippen molar-refractivity contribution in [2.75, 3.05) is 24.7 Å². The van der Waals surface area contributed by atoms with Crippen molar-refractivity contribution in [3.63, 3.8) is 0 Å². The zero-order chi connectivity index (χ0) is 30.6. The lowest BCUT2D eigenvalue weighted by atomic mass is 9.83. The van der Waals surface area contributed by atoms with Crippen LogP contribution in [0.4, 0.5) is 5.82 Å². The normalized spacial score (nSPS) is 18.3. The van der Waals surface area contributed by atoms with Gasteiger partial charge >= 0.3 is 0 Å². The molecule has 44 heavy (non-hydrogen) atoms. The number of ether oxygens (including phenoxy) is 1. The number of anilines is 1. The minimum atomic E-state index is -4.00. The molecule has 0 radical (unpaired) electrons. The van der Waals surface area contributed by atoms with Crippen LogP contribution in [0.5, 0.6) is 0 Å². The number of aromatic nitrogens is 4. The van der Waals surface area contributed by atoms with Gasteiger partial charge in [-0.1, -0.05) is 43.0 Å². The number of nitrogens with zero attached hydrogens (tertiary/aromatic N) is 5. The molecule has 3 aromatic heterocycles. The molecule has 2 aliphatic rings. The van der Waals surface area contributed by atoms with E-state index in [1.54, 1.807) is 43.6 Å². The molecule has 7 rings (SSSR count). The summed E-state index contributed by atoms with van der Waals surface area (Å²) in [4.78, 5) is 25.2. The Kier molecular flexibility index (Phi) is 7.46. The van der Waals surface area contributed by atoms with E-state index >= 15 is 0 Å². The summed E-state index contributed by atoms with van der Waals surface area (Å²) in [6.45, 7) is 3.86. The van der Waals surface area contributed by atoms with Crippen LogP contribution in [0, 0.1) is 12.8 Å². The molecular weight excluding hydrogens is 598 g/mol.